The van der Waals surface area contributed by atoms with Gasteiger partial charge in [0, 0.05) is 16.6 Å². The first-order chi connectivity index (χ1) is 13.3. The van der Waals surface area contributed by atoms with Crippen LogP contribution < -0.4 is 16.0 Å². The number of carbonyl (C=O) groups excluding carboxylic acids is 3. The van der Waals surface area contributed by atoms with Crippen LogP contribution in [0.3, 0.4) is 0 Å². The minimum absolute atomic E-state index is 0.00790. The van der Waals surface area contributed by atoms with Crippen LogP contribution >= 0.6 is 39.5 Å². The second-order valence-electron chi connectivity index (χ2n) is 6.05. The molecular weight excluding hydrogens is 466 g/mol. The molecule has 1 aromatic rings. The lowest BCUT2D eigenvalue weighted by Gasteiger charge is -2.07. The van der Waals surface area contributed by atoms with Crippen LogP contribution in [0, 0.1) is 0 Å². The van der Waals surface area contributed by atoms with Crippen molar-refractivity contribution in [3.63, 3.8) is 0 Å². The Balaban J connectivity index is 1.61. The molecule has 0 aromatic heterocycles. The summed E-state index contributed by atoms with van der Waals surface area (Å²) in [4.78, 5) is 36.5. The highest BCUT2D eigenvalue weighted by Gasteiger charge is 2.32. The minimum Gasteiger partial charge on any atom is -0.326 e. The fraction of sp³-hybridized carbons (Fsp3) is 0.235. The Bertz CT molecular complexity index is 923. The van der Waals surface area contributed by atoms with E-state index < -0.39 is 5.25 Å². The zero-order chi connectivity index (χ0) is 20.3. The summed E-state index contributed by atoms with van der Waals surface area (Å²) < 4.78 is 0.909. The van der Waals surface area contributed by atoms with Crippen molar-refractivity contribution in [2.75, 3.05) is 5.32 Å². The normalized spacial score (nSPS) is 21.8. The summed E-state index contributed by atoms with van der Waals surface area (Å²) in [5, 5.41) is 15.5. The third-order valence-electron chi connectivity index (χ3n) is 3.60. The van der Waals surface area contributed by atoms with Gasteiger partial charge in [0.05, 0.1) is 4.91 Å². The topological polar surface area (TPSA) is 112 Å². The van der Waals surface area contributed by atoms with Crippen molar-refractivity contribution in [3.05, 3.63) is 39.2 Å². The molecule has 0 saturated carbocycles. The molecule has 2 heterocycles. The van der Waals surface area contributed by atoms with Gasteiger partial charge in [-0.1, -0.05) is 33.3 Å². The SMILES string of the molecule is CC(C)=C1SC(=O)N/C1=N\N=C1\NC(=O)[C@H](CC(=O)Nc2ccc(Br)cc2)S1. The number of carbonyl (C=O) groups is 3. The average molecular weight is 482 g/mol. The minimum atomic E-state index is -0.593. The van der Waals surface area contributed by atoms with Gasteiger partial charge in [0.2, 0.25) is 11.8 Å². The largest absolute Gasteiger partial charge is 0.326 e. The summed E-state index contributed by atoms with van der Waals surface area (Å²) in [5.41, 5.74) is 1.59. The fourth-order valence-electron chi connectivity index (χ4n) is 2.32. The summed E-state index contributed by atoms with van der Waals surface area (Å²) in [6, 6.07) is 7.16. The number of halogens is 1. The van der Waals surface area contributed by atoms with Gasteiger partial charge in [0.1, 0.15) is 5.25 Å². The van der Waals surface area contributed by atoms with Crippen molar-refractivity contribution in [2.45, 2.75) is 25.5 Å². The Morgan fingerprint density at radius 1 is 1.18 bits per heavy atom. The van der Waals surface area contributed by atoms with Crippen LogP contribution in [-0.4, -0.2) is 33.3 Å². The van der Waals surface area contributed by atoms with Crippen molar-refractivity contribution in [1.29, 1.82) is 0 Å². The van der Waals surface area contributed by atoms with Crippen molar-refractivity contribution >= 4 is 73.2 Å². The number of nitrogens with one attached hydrogen (secondary N) is 3. The van der Waals surface area contributed by atoms with Gasteiger partial charge in [-0.3, -0.25) is 19.7 Å². The number of amidine groups is 2. The molecule has 146 valence electrons. The third kappa shape index (κ3) is 5.24. The van der Waals surface area contributed by atoms with Gasteiger partial charge in [-0.05, 0) is 49.9 Å². The highest BCUT2D eigenvalue weighted by Crippen LogP contribution is 2.28. The first-order valence-electron chi connectivity index (χ1n) is 8.17. The zero-order valence-electron chi connectivity index (χ0n) is 14.9. The molecule has 3 N–H and O–H groups in total. The Morgan fingerprint density at radius 3 is 2.57 bits per heavy atom. The third-order valence-corrected chi connectivity index (χ3v) is 6.29. The standard InChI is InChI=1S/C17H16BrN5O3S2/c1-8(2)13-14(20-17(26)28-13)22-23-16-21-15(25)11(27-16)7-12(24)19-10-5-3-9(18)4-6-10/h3-6,11H,7H2,1-2H3,(H,19,24)(H,20,22,26)(H,21,23,25)/t11-/m0/s1. The van der Waals surface area contributed by atoms with Crippen LogP contribution in [-0.2, 0) is 9.59 Å². The number of amides is 3. The van der Waals surface area contributed by atoms with Crippen LogP contribution in [0.5, 0.6) is 0 Å². The number of hydrogen-bond acceptors (Lipinski definition) is 7. The van der Waals surface area contributed by atoms with E-state index in [4.69, 9.17) is 0 Å². The molecule has 28 heavy (non-hydrogen) atoms. The fourth-order valence-corrected chi connectivity index (χ4v) is 4.23. The number of benzene rings is 1. The van der Waals surface area contributed by atoms with Gasteiger partial charge in [0.15, 0.2) is 11.0 Å². The van der Waals surface area contributed by atoms with E-state index in [0.29, 0.717) is 16.4 Å². The number of thioether (sulfide) groups is 2. The molecule has 0 spiro atoms. The number of nitrogens with zero attached hydrogens (tertiary/aromatic N) is 2. The summed E-state index contributed by atoms with van der Waals surface area (Å²) in [7, 11) is 0. The van der Waals surface area contributed by atoms with Gasteiger partial charge >= 0.3 is 0 Å². The lowest BCUT2D eigenvalue weighted by molar-refractivity contribution is -0.122. The lowest BCUT2D eigenvalue weighted by Crippen LogP contribution is -2.28. The molecule has 2 aliphatic rings. The van der Waals surface area contributed by atoms with Crippen molar-refractivity contribution in [3.8, 4) is 0 Å². The zero-order valence-corrected chi connectivity index (χ0v) is 18.1. The smallest absolute Gasteiger partial charge is 0.289 e. The van der Waals surface area contributed by atoms with E-state index in [0.717, 1.165) is 33.6 Å². The summed E-state index contributed by atoms with van der Waals surface area (Å²) in [6.07, 6.45) is 0.00790. The second-order valence-corrected chi connectivity index (χ2v) is 9.14. The van der Waals surface area contributed by atoms with Gasteiger partial charge in [-0.2, -0.15) is 0 Å². The maximum atomic E-state index is 12.2. The van der Waals surface area contributed by atoms with E-state index >= 15 is 0 Å². The molecule has 1 aromatic carbocycles. The van der Waals surface area contributed by atoms with Gasteiger partial charge in [-0.25, -0.2) is 0 Å². The molecular formula is C17H16BrN5O3S2. The van der Waals surface area contributed by atoms with E-state index in [1.54, 1.807) is 12.1 Å². The van der Waals surface area contributed by atoms with Crippen LogP contribution in [0.2, 0.25) is 0 Å². The van der Waals surface area contributed by atoms with E-state index in [9.17, 15) is 14.4 Å². The molecule has 1 atom stereocenters. The Morgan fingerprint density at radius 2 is 1.89 bits per heavy atom. The van der Waals surface area contributed by atoms with Crippen LogP contribution in [0.15, 0.2) is 49.4 Å². The Kier molecular flexibility index (Phi) is 6.57. The van der Waals surface area contributed by atoms with Crippen molar-refractivity contribution in [2.24, 2.45) is 10.2 Å². The van der Waals surface area contributed by atoms with E-state index in [1.807, 2.05) is 26.0 Å². The quantitative estimate of drug-likeness (QED) is 0.570. The van der Waals surface area contributed by atoms with Crippen LogP contribution in [0.4, 0.5) is 10.5 Å². The van der Waals surface area contributed by atoms with Crippen molar-refractivity contribution < 1.29 is 14.4 Å². The highest BCUT2D eigenvalue weighted by molar-refractivity contribution is 9.10. The monoisotopic (exact) mass is 481 g/mol. The molecule has 8 nitrogen and oxygen atoms in total. The predicted octanol–water partition coefficient (Wildman–Crippen LogP) is 3.43. The lowest BCUT2D eigenvalue weighted by atomic mass is 10.2. The summed E-state index contributed by atoms with van der Waals surface area (Å²) in [6.45, 7) is 3.74. The van der Waals surface area contributed by atoms with E-state index in [2.05, 4.69) is 42.1 Å². The van der Waals surface area contributed by atoms with E-state index in [-0.39, 0.29) is 28.6 Å². The molecule has 2 saturated heterocycles. The molecule has 3 rings (SSSR count). The Hall–Kier alpha value is -2.11. The first-order valence-corrected chi connectivity index (χ1v) is 10.7. The molecule has 11 heteroatoms. The van der Waals surface area contributed by atoms with Gasteiger partial charge in [-0.15, -0.1) is 10.2 Å². The predicted molar refractivity (Wildman–Crippen MR) is 116 cm³/mol. The van der Waals surface area contributed by atoms with Crippen LogP contribution in [0.1, 0.15) is 20.3 Å². The van der Waals surface area contributed by atoms with Crippen molar-refractivity contribution in [1.82, 2.24) is 10.6 Å². The highest BCUT2D eigenvalue weighted by atomic mass is 79.9. The average Bonchev–Trinajstić information content (AvgIpc) is 3.17. The molecule has 2 fully saturated rings. The molecule has 0 radical (unpaired) electrons. The van der Waals surface area contributed by atoms with Crippen LogP contribution in [0.25, 0.3) is 0 Å². The number of anilines is 1. The molecule has 3 amide bonds. The van der Waals surface area contributed by atoms with Gasteiger partial charge in [0.25, 0.3) is 5.24 Å². The van der Waals surface area contributed by atoms with E-state index in [1.165, 1.54) is 0 Å². The first kappa shape index (κ1) is 20.6. The number of rotatable bonds is 4. The summed E-state index contributed by atoms with van der Waals surface area (Å²) >= 11 is 5.52. The number of hydrogen-bond donors (Lipinski definition) is 3. The van der Waals surface area contributed by atoms with Gasteiger partial charge < -0.3 is 10.6 Å². The Labute approximate surface area is 178 Å². The second kappa shape index (κ2) is 8.93. The molecule has 0 unspecified atom stereocenters. The maximum Gasteiger partial charge on any atom is 0.289 e. The summed E-state index contributed by atoms with van der Waals surface area (Å²) in [5.74, 6) is -0.218. The maximum absolute atomic E-state index is 12.2. The molecule has 0 aliphatic carbocycles. The molecule has 2 aliphatic heterocycles. The molecule has 0 bridgehead atoms. The number of allylic oxidation sites excluding steroid dienone is 1.